The Morgan fingerprint density at radius 1 is 1.21 bits per heavy atom. The Morgan fingerprint density at radius 2 is 1.79 bits per heavy atom. The fraction of sp³-hybridized carbons (Fsp3) is 0.400. The van der Waals surface area contributed by atoms with E-state index in [9.17, 15) is 5.11 Å². The summed E-state index contributed by atoms with van der Waals surface area (Å²) in [6.07, 6.45) is -1.09. The number of halogens is 3. The molecule has 0 saturated heterocycles. The van der Waals surface area contributed by atoms with Gasteiger partial charge in [-0.1, -0.05) is 58.6 Å². The minimum Gasteiger partial charge on any atom is -0.384 e. The first-order chi connectivity index (χ1) is 6.32. The van der Waals surface area contributed by atoms with E-state index >= 15 is 0 Å². The molecule has 1 unspecified atom stereocenters. The zero-order valence-electron chi connectivity index (χ0n) is 7.89. The average molecular weight is 254 g/mol. The summed E-state index contributed by atoms with van der Waals surface area (Å²) < 4.78 is -1.68. The van der Waals surface area contributed by atoms with Gasteiger partial charge in [0.25, 0.3) is 0 Å². The number of aliphatic hydroxyl groups excluding tert-OH is 1. The third kappa shape index (κ3) is 2.77. The van der Waals surface area contributed by atoms with Crippen molar-refractivity contribution in [2.75, 3.05) is 0 Å². The standard InChI is InChI=1S/C10H11Cl3O/c1-6-3-4-8(7(2)5-6)9(14)10(11,12)13/h3-5,9,14H,1-2H3. The quantitative estimate of drug-likeness (QED) is 0.757. The smallest absolute Gasteiger partial charge is 0.220 e. The zero-order valence-corrected chi connectivity index (χ0v) is 10.2. The summed E-state index contributed by atoms with van der Waals surface area (Å²) in [6, 6.07) is 5.59. The van der Waals surface area contributed by atoms with Crippen LogP contribution in [0.5, 0.6) is 0 Å². The third-order valence-corrected chi connectivity index (χ3v) is 2.65. The van der Waals surface area contributed by atoms with Crippen molar-refractivity contribution in [3.05, 3.63) is 34.9 Å². The van der Waals surface area contributed by atoms with Gasteiger partial charge in [0.2, 0.25) is 3.79 Å². The van der Waals surface area contributed by atoms with Crippen molar-refractivity contribution < 1.29 is 5.11 Å². The predicted molar refractivity (Wildman–Crippen MR) is 61.2 cm³/mol. The highest BCUT2D eigenvalue weighted by Gasteiger charge is 2.32. The highest BCUT2D eigenvalue weighted by molar-refractivity contribution is 6.68. The maximum atomic E-state index is 9.73. The summed E-state index contributed by atoms with van der Waals surface area (Å²) >= 11 is 16.8. The molecule has 0 amide bonds. The molecule has 0 fully saturated rings. The van der Waals surface area contributed by atoms with Gasteiger partial charge in [0.05, 0.1) is 0 Å². The van der Waals surface area contributed by atoms with Crippen LogP contribution >= 0.6 is 34.8 Å². The lowest BCUT2D eigenvalue weighted by Crippen LogP contribution is -2.17. The molecule has 0 radical (unpaired) electrons. The van der Waals surface area contributed by atoms with Gasteiger partial charge in [-0.25, -0.2) is 0 Å². The third-order valence-electron chi connectivity index (χ3n) is 2.03. The zero-order chi connectivity index (χ0) is 10.9. The second kappa shape index (κ2) is 4.28. The van der Waals surface area contributed by atoms with Crippen molar-refractivity contribution in [3.8, 4) is 0 Å². The number of alkyl halides is 3. The Bertz CT molecular complexity index is 331. The monoisotopic (exact) mass is 252 g/mol. The first-order valence-corrected chi connectivity index (χ1v) is 5.27. The first-order valence-electron chi connectivity index (χ1n) is 4.14. The highest BCUT2D eigenvalue weighted by atomic mass is 35.6. The van der Waals surface area contributed by atoms with Crippen LogP contribution in [0.1, 0.15) is 22.8 Å². The van der Waals surface area contributed by atoms with Gasteiger partial charge >= 0.3 is 0 Å². The molecule has 1 atom stereocenters. The fourth-order valence-corrected chi connectivity index (χ4v) is 1.66. The van der Waals surface area contributed by atoms with Gasteiger partial charge in [0.1, 0.15) is 6.10 Å². The molecule has 78 valence electrons. The summed E-state index contributed by atoms with van der Waals surface area (Å²) in [5.41, 5.74) is 2.68. The normalized spacial score (nSPS) is 14.1. The number of benzene rings is 1. The Labute approximate surface area is 98.6 Å². The number of hydrogen-bond donors (Lipinski definition) is 1. The molecule has 0 saturated carbocycles. The molecule has 0 aliphatic rings. The number of rotatable bonds is 1. The molecule has 14 heavy (non-hydrogen) atoms. The minimum atomic E-state index is -1.68. The predicted octanol–water partition coefficient (Wildman–Crippen LogP) is 3.71. The van der Waals surface area contributed by atoms with Gasteiger partial charge in [-0.3, -0.25) is 0 Å². The van der Waals surface area contributed by atoms with E-state index < -0.39 is 9.90 Å². The largest absolute Gasteiger partial charge is 0.384 e. The highest BCUT2D eigenvalue weighted by Crippen LogP contribution is 2.40. The molecule has 0 bridgehead atoms. The fourth-order valence-electron chi connectivity index (χ4n) is 1.31. The van der Waals surface area contributed by atoms with Crippen molar-refractivity contribution in [1.82, 2.24) is 0 Å². The van der Waals surface area contributed by atoms with Crippen LogP contribution in [-0.2, 0) is 0 Å². The Morgan fingerprint density at radius 3 is 2.21 bits per heavy atom. The van der Waals surface area contributed by atoms with Gasteiger partial charge < -0.3 is 5.11 Å². The molecule has 1 aromatic carbocycles. The second-order valence-corrected chi connectivity index (χ2v) is 5.67. The van der Waals surface area contributed by atoms with Gasteiger partial charge in [-0.05, 0) is 25.0 Å². The van der Waals surface area contributed by atoms with Gasteiger partial charge in [-0.2, -0.15) is 0 Å². The average Bonchev–Trinajstić information content (AvgIpc) is 2.01. The molecule has 0 aliphatic heterocycles. The van der Waals surface area contributed by atoms with Crippen molar-refractivity contribution in [1.29, 1.82) is 0 Å². The van der Waals surface area contributed by atoms with E-state index in [4.69, 9.17) is 34.8 Å². The number of hydrogen-bond acceptors (Lipinski definition) is 1. The maximum Gasteiger partial charge on any atom is 0.220 e. The van der Waals surface area contributed by atoms with E-state index in [0.717, 1.165) is 11.1 Å². The van der Waals surface area contributed by atoms with Crippen molar-refractivity contribution in [3.63, 3.8) is 0 Å². The summed E-state index contributed by atoms with van der Waals surface area (Å²) in [5.74, 6) is 0. The Hall–Kier alpha value is 0.0500. The molecule has 0 aliphatic carbocycles. The second-order valence-electron chi connectivity index (χ2n) is 3.30. The van der Waals surface area contributed by atoms with Crippen LogP contribution in [-0.4, -0.2) is 8.90 Å². The van der Waals surface area contributed by atoms with Crippen molar-refractivity contribution >= 4 is 34.8 Å². The van der Waals surface area contributed by atoms with Crippen LogP contribution in [0.15, 0.2) is 18.2 Å². The SMILES string of the molecule is Cc1ccc(C(O)C(Cl)(Cl)Cl)c(C)c1. The van der Waals surface area contributed by atoms with E-state index in [-0.39, 0.29) is 0 Å². The van der Waals surface area contributed by atoms with E-state index in [0.29, 0.717) is 5.56 Å². The van der Waals surface area contributed by atoms with Gasteiger partial charge in [0.15, 0.2) is 0 Å². The molecule has 1 rings (SSSR count). The van der Waals surface area contributed by atoms with E-state index in [1.54, 1.807) is 6.07 Å². The van der Waals surface area contributed by atoms with Crippen LogP contribution in [0, 0.1) is 13.8 Å². The van der Waals surface area contributed by atoms with Crippen molar-refractivity contribution in [2.45, 2.75) is 23.7 Å². The minimum absolute atomic E-state index is 0.649. The Kier molecular flexibility index (Phi) is 3.70. The first kappa shape index (κ1) is 12.1. The molecule has 1 nitrogen and oxygen atoms in total. The van der Waals surface area contributed by atoms with Gasteiger partial charge in [-0.15, -0.1) is 0 Å². The van der Waals surface area contributed by atoms with Gasteiger partial charge in [0, 0.05) is 0 Å². The molecule has 0 heterocycles. The molecular weight excluding hydrogens is 242 g/mol. The summed E-state index contributed by atoms with van der Waals surface area (Å²) in [7, 11) is 0. The van der Waals surface area contributed by atoms with E-state index in [1.165, 1.54) is 0 Å². The molecule has 0 spiro atoms. The lowest BCUT2D eigenvalue weighted by Gasteiger charge is -2.21. The van der Waals surface area contributed by atoms with Crippen LogP contribution in [0.2, 0.25) is 0 Å². The molecule has 1 N–H and O–H groups in total. The van der Waals surface area contributed by atoms with Crippen LogP contribution < -0.4 is 0 Å². The number of aryl methyl sites for hydroxylation is 2. The van der Waals surface area contributed by atoms with Crippen LogP contribution in [0.4, 0.5) is 0 Å². The topological polar surface area (TPSA) is 20.2 Å². The Balaban J connectivity index is 3.08. The van der Waals surface area contributed by atoms with Crippen LogP contribution in [0.3, 0.4) is 0 Å². The molecule has 4 heteroatoms. The molecule has 0 aromatic heterocycles. The number of aliphatic hydroxyl groups is 1. The summed E-state index contributed by atoms with van der Waals surface area (Å²) in [6.45, 7) is 3.85. The van der Waals surface area contributed by atoms with Crippen molar-refractivity contribution in [2.24, 2.45) is 0 Å². The molecule has 1 aromatic rings. The maximum absolute atomic E-state index is 9.73. The lowest BCUT2D eigenvalue weighted by molar-refractivity contribution is 0.181. The molecular formula is C10H11Cl3O. The van der Waals surface area contributed by atoms with Crippen LogP contribution in [0.25, 0.3) is 0 Å². The summed E-state index contributed by atoms with van der Waals surface area (Å²) in [5, 5.41) is 9.73. The lowest BCUT2D eigenvalue weighted by atomic mass is 10.0. The van der Waals surface area contributed by atoms with E-state index in [2.05, 4.69) is 0 Å². The van der Waals surface area contributed by atoms with E-state index in [1.807, 2.05) is 26.0 Å². The summed E-state index contributed by atoms with van der Waals surface area (Å²) in [4.78, 5) is 0.